The van der Waals surface area contributed by atoms with Crippen molar-refractivity contribution in [1.29, 1.82) is 0 Å². The maximum absolute atomic E-state index is 12.9. The van der Waals surface area contributed by atoms with Crippen LogP contribution in [0.25, 0.3) is 0 Å². The van der Waals surface area contributed by atoms with Crippen molar-refractivity contribution in [3.63, 3.8) is 0 Å². The van der Waals surface area contributed by atoms with E-state index in [0.717, 1.165) is 11.0 Å². The summed E-state index contributed by atoms with van der Waals surface area (Å²) in [6.45, 7) is -0.739. The highest BCUT2D eigenvalue weighted by molar-refractivity contribution is 8.01. The van der Waals surface area contributed by atoms with E-state index >= 15 is 0 Å². The minimum atomic E-state index is -2.69. The van der Waals surface area contributed by atoms with E-state index in [0.29, 0.717) is 12.2 Å². The molecule has 0 aliphatic carbocycles. The summed E-state index contributed by atoms with van der Waals surface area (Å²) in [5, 5.41) is 0. The Labute approximate surface area is 136 Å². The minimum absolute atomic E-state index is 0.0154. The smallest absolute Gasteiger partial charge is 0.319 e. The Morgan fingerprint density at radius 3 is 3.04 bits per heavy atom. The van der Waals surface area contributed by atoms with Crippen molar-refractivity contribution in [3.05, 3.63) is 18.2 Å². The number of fused-ring (bicyclic) bond motifs is 1. The van der Waals surface area contributed by atoms with E-state index in [9.17, 15) is 18.4 Å². The molecule has 2 unspecified atom stereocenters. The highest BCUT2D eigenvalue weighted by Gasteiger charge is 2.53. The quantitative estimate of drug-likeness (QED) is 0.834. The van der Waals surface area contributed by atoms with Gasteiger partial charge in [-0.15, -0.1) is 11.8 Å². The first kappa shape index (κ1) is 16.2. The highest BCUT2D eigenvalue weighted by Crippen LogP contribution is 2.47. The van der Waals surface area contributed by atoms with E-state index in [2.05, 4.69) is 4.98 Å². The molecule has 2 fully saturated rings. The van der Waals surface area contributed by atoms with Crippen molar-refractivity contribution in [2.45, 2.75) is 43.8 Å². The molecule has 1 aromatic rings. The second kappa shape index (κ2) is 5.77. The molecule has 2 amide bonds. The number of hydrogen-bond donors (Lipinski definition) is 0. The number of likely N-dealkylation sites (N-methyl/N-ethyl adjacent to an activating group) is 1. The van der Waals surface area contributed by atoms with E-state index in [1.165, 1.54) is 17.3 Å². The maximum Gasteiger partial charge on any atom is 0.319 e. The summed E-state index contributed by atoms with van der Waals surface area (Å²) in [5.41, 5.74) is 0. The minimum Gasteiger partial charge on any atom is -0.336 e. The van der Waals surface area contributed by atoms with Crippen LogP contribution in [-0.2, 0) is 16.1 Å². The van der Waals surface area contributed by atoms with Gasteiger partial charge in [-0.3, -0.25) is 14.2 Å². The van der Waals surface area contributed by atoms with Crippen LogP contribution >= 0.6 is 11.8 Å². The number of imidazole rings is 1. The number of thioether (sulfide) groups is 1. The van der Waals surface area contributed by atoms with Gasteiger partial charge in [-0.2, -0.15) is 8.78 Å². The molecule has 0 spiro atoms. The molecule has 0 aromatic carbocycles. The van der Waals surface area contributed by atoms with Gasteiger partial charge in [-0.05, 0) is 13.3 Å². The number of nitrogens with zero attached hydrogens (tertiary/aromatic N) is 4. The van der Waals surface area contributed by atoms with Crippen molar-refractivity contribution < 1.29 is 18.4 Å². The number of aromatic nitrogens is 2. The van der Waals surface area contributed by atoms with E-state index in [-0.39, 0.29) is 29.1 Å². The van der Waals surface area contributed by atoms with Gasteiger partial charge < -0.3 is 9.80 Å². The first-order valence-corrected chi connectivity index (χ1v) is 8.33. The molecule has 23 heavy (non-hydrogen) atoms. The maximum atomic E-state index is 12.9. The lowest BCUT2D eigenvalue weighted by Gasteiger charge is -2.31. The molecule has 2 saturated heterocycles. The van der Waals surface area contributed by atoms with Crippen molar-refractivity contribution >= 4 is 23.6 Å². The zero-order valence-electron chi connectivity index (χ0n) is 12.9. The van der Waals surface area contributed by atoms with Crippen LogP contribution in [0.2, 0.25) is 0 Å². The largest absolute Gasteiger partial charge is 0.336 e. The monoisotopic (exact) mass is 344 g/mol. The number of rotatable bonds is 4. The third-order valence-electron chi connectivity index (χ3n) is 4.44. The lowest BCUT2D eigenvalue weighted by molar-refractivity contribution is -0.143. The van der Waals surface area contributed by atoms with Crippen LogP contribution in [0, 0.1) is 0 Å². The summed E-state index contributed by atoms with van der Waals surface area (Å²) >= 11 is 1.61. The first-order chi connectivity index (χ1) is 10.8. The fourth-order valence-electron chi connectivity index (χ4n) is 3.19. The topological polar surface area (TPSA) is 58.4 Å². The summed E-state index contributed by atoms with van der Waals surface area (Å²) in [6.07, 6.45) is 3.66. The predicted octanol–water partition coefficient (Wildman–Crippen LogP) is 1.69. The van der Waals surface area contributed by atoms with Gasteiger partial charge in [0.15, 0.2) is 0 Å². The molecular weight excluding hydrogens is 326 g/mol. The van der Waals surface area contributed by atoms with Gasteiger partial charge in [0.05, 0.1) is 11.4 Å². The lowest BCUT2D eigenvalue weighted by Crippen LogP contribution is -2.50. The summed E-state index contributed by atoms with van der Waals surface area (Å²) in [7, 11) is 1.55. The molecule has 2 aliphatic rings. The molecule has 9 heteroatoms. The Morgan fingerprint density at radius 2 is 2.35 bits per heavy atom. The number of carbonyl (C=O) groups excluding carboxylic acids is 2. The van der Waals surface area contributed by atoms with Gasteiger partial charge in [0.2, 0.25) is 11.8 Å². The van der Waals surface area contributed by atoms with Gasteiger partial charge in [0.1, 0.15) is 11.9 Å². The van der Waals surface area contributed by atoms with Crippen LogP contribution < -0.4 is 0 Å². The van der Waals surface area contributed by atoms with Gasteiger partial charge in [0.25, 0.3) is 0 Å². The molecule has 0 radical (unpaired) electrons. The Hall–Kier alpha value is -1.64. The molecule has 2 atom stereocenters. The molecule has 0 saturated carbocycles. The zero-order valence-corrected chi connectivity index (χ0v) is 13.7. The first-order valence-electron chi connectivity index (χ1n) is 7.34. The predicted molar refractivity (Wildman–Crippen MR) is 80.7 cm³/mol. The third kappa shape index (κ3) is 2.71. The average Bonchev–Trinajstić information content (AvgIpc) is 3.15. The normalized spacial score (nSPS) is 26.9. The van der Waals surface area contributed by atoms with Crippen LogP contribution in [0.3, 0.4) is 0 Å². The van der Waals surface area contributed by atoms with E-state index in [1.807, 2.05) is 6.92 Å². The van der Waals surface area contributed by atoms with E-state index in [1.54, 1.807) is 23.7 Å². The summed E-state index contributed by atoms with van der Waals surface area (Å²) in [6, 6.07) is -0.528. The number of halogens is 2. The molecule has 126 valence electrons. The zero-order chi connectivity index (χ0) is 16.8. The van der Waals surface area contributed by atoms with Crippen LogP contribution in [-0.4, -0.2) is 54.9 Å². The fraction of sp³-hybridized carbons (Fsp3) is 0.643. The number of carbonyl (C=O) groups is 2. The van der Waals surface area contributed by atoms with E-state index in [4.69, 9.17) is 0 Å². The lowest BCUT2D eigenvalue weighted by atomic mass is 10.2. The van der Waals surface area contributed by atoms with Crippen molar-refractivity contribution in [2.75, 3.05) is 12.8 Å². The molecule has 0 bridgehead atoms. The second-order valence-corrected chi connectivity index (χ2v) is 7.49. The molecular formula is C14H18F2N4O2S. The summed E-state index contributed by atoms with van der Waals surface area (Å²) in [4.78, 5) is 31.4. The molecule has 3 heterocycles. The van der Waals surface area contributed by atoms with Gasteiger partial charge in [-0.1, -0.05) is 0 Å². The number of amides is 2. The molecule has 0 N–H and O–H groups in total. The van der Waals surface area contributed by atoms with Crippen molar-refractivity contribution in [2.24, 2.45) is 0 Å². The average molecular weight is 344 g/mol. The Morgan fingerprint density at radius 1 is 1.61 bits per heavy atom. The fourth-order valence-corrected chi connectivity index (χ4v) is 4.62. The van der Waals surface area contributed by atoms with Crippen LogP contribution in [0.15, 0.2) is 12.4 Å². The van der Waals surface area contributed by atoms with Crippen molar-refractivity contribution in [3.8, 4) is 0 Å². The summed E-state index contributed by atoms with van der Waals surface area (Å²) < 4.78 is 26.4. The Kier molecular flexibility index (Phi) is 4.07. The van der Waals surface area contributed by atoms with Gasteiger partial charge in [0, 0.05) is 31.6 Å². The standard InChI is InChI=1S/C14H18F2N4O2S/c1-14-4-3-11(21)20(14)9(8-23-14)12(22)18(2)7-10-17-5-6-19(10)13(15)16/h5-6,9,13H,3-4,7-8H2,1-2H3. The second-order valence-electron chi connectivity index (χ2n) is 5.99. The van der Waals surface area contributed by atoms with Crippen LogP contribution in [0.1, 0.15) is 32.1 Å². The van der Waals surface area contributed by atoms with Gasteiger partial charge in [-0.25, -0.2) is 4.98 Å². The molecule has 1 aromatic heterocycles. The SMILES string of the molecule is CN(Cc1nccn1C(F)F)C(=O)C1CSC2(C)CCC(=O)N12. The van der Waals surface area contributed by atoms with E-state index < -0.39 is 12.6 Å². The number of hydrogen-bond acceptors (Lipinski definition) is 4. The Balaban J connectivity index is 1.73. The highest BCUT2D eigenvalue weighted by atomic mass is 32.2. The molecule has 2 aliphatic heterocycles. The van der Waals surface area contributed by atoms with Crippen LogP contribution in [0.5, 0.6) is 0 Å². The third-order valence-corrected chi connectivity index (χ3v) is 5.95. The van der Waals surface area contributed by atoms with Gasteiger partial charge >= 0.3 is 6.55 Å². The van der Waals surface area contributed by atoms with Crippen LogP contribution in [0.4, 0.5) is 8.78 Å². The Bertz CT molecular complexity index is 638. The number of alkyl halides is 2. The summed E-state index contributed by atoms with van der Waals surface area (Å²) in [5.74, 6) is 0.407. The molecule has 3 rings (SSSR count). The molecule has 6 nitrogen and oxygen atoms in total. The van der Waals surface area contributed by atoms with Crippen molar-refractivity contribution in [1.82, 2.24) is 19.4 Å².